The second-order valence-electron chi connectivity index (χ2n) is 2.40. The molecule has 0 fully saturated rings. The van der Waals surface area contributed by atoms with E-state index < -0.39 is 6.03 Å². The second kappa shape index (κ2) is 4.83. The number of phenolic OH excluding ortho intramolecular Hbond substituents is 1. The number of hydrazine groups is 1. The van der Waals surface area contributed by atoms with Crippen LogP contribution < -0.4 is 16.7 Å². The summed E-state index contributed by atoms with van der Waals surface area (Å²) < 4.78 is 0. The van der Waals surface area contributed by atoms with Crippen molar-refractivity contribution in [2.24, 2.45) is 10.9 Å². The molecule has 0 aliphatic carbocycles. The van der Waals surface area contributed by atoms with Crippen molar-refractivity contribution in [3.63, 3.8) is 0 Å². The average molecular weight is 194 g/mol. The third-order valence-electron chi connectivity index (χ3n) is 1.44. The summed E-state index contributed by atoms with van der Waals surface area (Å²) in [5.41, 5.74) is 4.44. The fraction of sp³-hybridized carbons (Fsp3) is 0. The van der Waals surface area contributed by atoms with E-state index in [1.807, 2.05) is 5.43 Å². The Kier molecular flexibility index (Phi) is 3.45. The number of carbonyl (C=O) groups is 1. The zero-order valence-corrected chi connectivity index (χ0v) is 7.27. The number of aromatic hydroxyl groups is 1. The highest BCUT2D eigenvalue weighted by molar-refractivity contribution is 5.84. The van der Waals surface area contributed by atoms with E-state index in [1.165, 1.54) is 12.3 Å². The molecule has 0 unspecified atom stereocenters. The predicted octanol–water partition coefficient (Wildman–Crippen LogP) is -0.101. The summed E-state index contributed by atoms with van der Waals surface area (Å²) in [5, 5.41) is 12.8. The Hall–Kier alpha value is -2.08. The Morgan fingerprint density at radius 2 is 2.21 bits per heavy atom. The summed E-state index contributed by atoms with van der Waals surface area (Å²) in [5.74, 6) is 4.89. The van der Waals surface area contributed by atoms with E-state index in [4.69, 9.17) is 5.84 Å². The van der Waals surface area contributed by atoms with Crippen molar-refractivity contribution < 1.29 is 9.90 Å². The zero-order valence-electron chi connectivity index (χ0n) is 7.27. The normalized spacial score (nSPS) is 10.1. The molecule has 1 rings (SSSR count). The Bertz CT molecular complexity index is 351. The molecule has 6 nitrogen and oxygen atoms in total. The second-order valence-corrected chi connectivity index (χ2v) is 2.40. The van der Waals surface area contributed by atoms with Gasteiger partial charge in [0.2, 0.25) is 0 Å². The first kappa shape index (κ1) is 10.0. The minimum absolute atomic E-state index is 0.0891. The highest BCUT2D eigenvalue weighted by atomic mass is 16.3. The molecule has 0 atom stereocenters. The summed E-state index contributed by atoms with van der Waals surface area (Å²) in [6.07, 6.45) is 1.31. The predicted molar refractivity (Wildman–Crippen MR) is 51.6 cm³/mol. The third-order valence-corrected chi connectivity index (χ3v) is 1.44. The molecule has 14 heavy (non-hydrogen) atoms. The van der Waals surface area contributed by atoms with Gasteiger partial charge in [-0.05, 0) is 12.1 Å². The number of nitrogens with two attached hydrogens (primary N) is 1. The molecule has 0 bridgehead atoms. The monoisotopic (exact) mass is 194 g/mol. The molecule has 5 N–H and O–H groups in total. The van der Waals surface area contributed by atoms with E-state index in [-0.39, 0.29) is 5.75 Å². The largest absolute Gasteiger partial charge is 0.507 e. The number of urea groups is 1. The molecule has 74 valence electrons. The van der Waals surface area contributed by atoms with Crippen LogP contribution in [0.5, 0.6) is 5.75 Å². The summed E-state index contributed by atoms with van der Waals surface area (Å²) in [4.78, 5) is 10.6. The van der Waals surface area contributed by atoms with Gasteiger partial charge in [0.1, 0.15) is 5.75 Å². The number of amides is 2. The lowest BCUT2D eigenvalue weighted by Crippen LogP contribution is -2.37. The SMILES string of the molecule is NNC(=O)N/N=C/c1ccccc1O. The third kappa shape index (κ3) is 2.76. The van der Waals surface area contributed by atoms with Gasteiger partial charge >= 0.3 is 6.03 Å². The lowest BCUT2D eigenvalue weighted by Gasteiger charge is -1.97. The molecular weight excluding hydrogens is 184 g/mol. The first-order valence-electron chi connectivity index (χ1n) is 3.81. The summed E-state index contributed by atoms with van der Waals surface area (Å²) in [6, 6.07) is 5.97. The van der Waals surface area contributed by atoms with E-state index in [0.29, 0.717) is 5.56 Å². The number of hydrogen-bond acceptors (Lipinski definition) is 4. The highest BCUT2D eigenvalue weighted by Crippen LogP contribution is 2.12. The molecule has 0 saturated carbocycles. The van der Waals surface area contributed by atoms with Gasteiger partial charge < -0.3 is 5.11 Å². The van der Waals surface area contributed by atoms with Crippen LogP contribution >= 0.6 is 0 Å². The van der Waals surface area contributed by atoms with Gasteiger partial charge in [0.15, 0.2) is 0 Å². The molecule has 1 aromatic carbocycles. The van der Waals surface area contributed by atoms with Crippen LogP contribution in [-0.4, -0.2) is 17.4 Å². The highest BCUT2D eigenvalue weighted by Gasteiger charge is 1.95. The number of nitrogens with one attached hydrogen (secondary N) is 2. The standard InChI is InChI=1S/C8H10N4O2/c9-11-8(14)12-10-5-6-3-1-2-4-7(6)13/h1-5,13H,9H2,(H2,11,12,14)/b10-5+. The van der Waals surface area contributed by atoms with Gasteiger partial charge in [-0.25, -0.2) is 16.1 Å². The van der Waals surface area contributed by atoms with E-state index in [1.54, 1.807) is 18.2 Å². The molecular formula is C8H10N4O2. The summed E-state index contributed by atoms with van der Waals surface area (Å²) >= 11 is 0. The average Bonchev–Trinajstić information content (AvgIpc) is 2.20. The first-order valence-corrected chi connectivity index (χ1v) is 3.81. The van der Waals surface area contributed by atoms with Gasteiger partial charge in [0.05, 0.1) is 6.21 Å². The number of benzene rings is 1. The maximum Gasteiger partial charge on any atom is 0.349 e. The zero-order chi connectivity index (χ0) is 10.4. The van der Waals surface area contributed by atoms with Crippen LogP contribution in [0.4, 0.5) is 4.79 Å². The van der Waals surface area contributed by atoms with Crippen molar-refractivity contribution in [1.29, 1.82) is 0 Å². The minimum atomic E-state index is -0.628. The van der Waals surface area contributed by atoms with Crippen LogP contribution in [-0.2, 0) is 0 Å². The molecule has 6 heteroatoms. The Labute approximate surface area is 80.4 Å². The van der Waals surface area contributed by atoms with Crippen molar-refractivity contribution in [2.75, 3.05) is 0 Å². The van der Waals surface area contributed by atoms with Crippen molar-refractivity contribution >= 4 is 12.2 Å². The van der Waals surface area contributed by atoms with Crippen molar-refractivity contribution in [2.45, 2.75) is 0 Å². The van der Waals surface area contributed by atoms with Crippen LogP contribution in [0.3, 0.4) is 0 Å². The molecule has 0 heterocycles. The maximum atomic E-state index is 10.6. The van der Waals surface area contributed by atoms with Crippen molar-refractivity contribution in [3.05, 3.63) is 29.8 Å². The summed E-state index contributed by atoms with van der Waals surface area (Å²) in [7, 11) is 0. The fourth-order valence-electron chi connectivity index (χ4n) is 0.789. The quantitative estimate of drug-likeness (QED) is 0.229. The number of para-hydroxylation sites is 1. The maximum absolute atomic E-state index is 10.6. The van der Waals surface area contributed by atoms with Gasteiger partial charge in [-0.3, -0.25) is 5.43 Å². The van der Waals surface area contributed by atoms with Crippen LogP contribution in [0.2, 0.25) is 0 Å². The van der Waals surface area contributed by atoms with Crippen molar-refractivity contribution in [3.8, 4) is 5.75 Å². The topological polar surface area (TPSA) is 99.7 Å². The Morgan fingerprint density at radius 3 is 2.86 bits per heavy atom. The lowest BCUT2D eigenvalue weighted by molar-refractivity contribution is 0.241. The van der Waals surface area contributed by atoms with Gasteiger partial charge in [-0.2, -0.15) is 5.10 Å². The van der Waals surface area contributed by atoms with Gasteiger partial charge in [-0.1, -0.05) is 12.1 Å². The number of hydrogen-bond donors (Lipinski definition) is 4. The number of carbonyl (C=O) groups excluding carboxylic acids is 1. The van der Waals surface area contributed by atoms with Crippen LogP contribution in [0.1, 0.15) is 5.56 Å². The molecule has 0 saturated heterocycles. The van der Waals surface area contributed by atoms with Crippen LogP contribution in [0.25, 0.3) is 0 Å². The molecule has 0 aromatic heterocycles. The minimum Gasteiger partial charge on any atom is -0.507 e. The smallest absolute Gasteiger partial charge is 0.349 e. The van der Waals surface area contributed by atoms with Gasteiger partial charge in [-0.15, -0.1) is 0 Å². The van der Waals surface area contributed by atoms with E-state index in [9.17, 15) is 9.90 Å². The van der Waals surface area contributed by atoms with E-state index in [0.717, 1.165) is 0 Å². The molecule has 0 spiro atoms. The van der Waals surface area contributed by atoms with E-state index >= 15 is 0 Å². The number of rotatable bonds is 2. The van der Waals surface area contributed by atoms with Gasteiger partial charge in [0.25, 0.3) is 0 Å². The molecule has 0 radical (unpaired) electrons. The van der Waals surface area contributed by atoms with Crippen molar-refractivity contribution in [1.82, 2.24) is 10.9 Å². The molecule has 0 aliphatic rings. The Morgan fingerprint density at radius 1 is 1.50 bits per heavy atom. The van der Waals surface area contributed by atoms with Gasteiger partial charge in [0, 0.05) is 5.56 Å². The molecule has 0 aliphatic heterocycles. The Balaban J connectivity index is 2.60. The lowest BCUT2D eigenvalue weighted by atomic mass is 10.2. The fourth-order valence-corrected chi connectivity index (χ4v) is 0.789. The number of hydrazone groups is 1. The molecule has 1 aromatic rings. The first-order chi connectivity index (χ1) is 6.74. The van der Waals surface area contributed by atoms with Crippen LogP contribution in [0, 0.1) is 0 Å². The van der Waals surface area contributed by atoms with Crippen LogP contribution in [0.15, 0.2) is 29.4 Å². The van der Waals surface area contributed by atoms with E-state index in [2.05, 4.69) is 10.5 Å². The number of nitrogens with zero attached hydrogens (tertiary/aromatic N) is 1. The molecule has 2 amide bonds. The number of phenols is 1. The summed E-state index contributed by atoms with van der Waals surface area (Å²) in [6.45, 7) is 0.